The molecule has 530 valence electrons. The molecule has 6 heterocycles. The lowest BCUT2D eigenvalue weighted by molar-refractivity contribution is 0.590. The van der Waals surface area contributed by atoms with Crippen LogP contribution in [-0.4, -0.2) is 15.8 Å². The van der Waals surface area contributed by atoms with Crippen LogP contribution in [0.25, 0.3) is 162 Å². The minimum Gasteiger partial charge on any atom is -0.310 e. The lowest BCUT2D eigenvalue weighted by Gasteiger charge is -2.46. The summed E-state index contributed by atoms with van der Waals surface area (Å²) in [5.41, 5.74) is 17.4. The van der Waals surface area contributed by atoms with Crippen molar-refractivity contribution in [3.05, 3.63) is 381 Å². The van der Waals surface area contributed by atoms with Crippen molar-refractivity contribution in [3.63, 3.8) is 0 Å². The molecule has 17 aromatic carbocycles. The number of hydrogen-bond donors (Lipinski definition) is 0. The molecule has 21 aromatic rings. The predicted octanol–water partition coefficient (Wildman–Crippen LogP) is 28.0. The fourth-order valence-electron chi connectivity index (χ4n) is 17.7. The number of thiophene rings is 2. The fraction of sp³-hybridized carbons (Fsp3) is 0.0377. The topological polar surface area (TPSA) is 16.3 Å². The summed E-state index contributed by atoms with van der Waals surface area (Å²) in [7, 11) is 0. The minimum atomic E-state index is -0.732. The van der Waals surface area contributed by atoms with Crippen LogP contribution in [0.1, 0.15) is 45.5 Å². The van der Waals surface area contributed by atoms with Gasteiger partial charge >= 0.3 is 0 Å². The molecule has 2 aliphatic heterocycles. The highest BCUT2D eigenvalue weighted by Crippen LogP contribution is 2.57. The van der Waals surface area contributed by atoms with Gasteiger partial charge in [-0.2, -0.15) is 0 Å². The molecule has 0 atom stereocenters. The Morgan fingerprint density at radius 2 is 0.655 bits per heavy atom. The fourth-order valence-corrected chi connectivity index (χ4v) is 19.9. The molecule has 0 bridgehead atoms. The molecule has 23 rings (SSSR count). The van der Waals surface area contributed by atoms with Crippen LogP contribution in [0, 0.1) is 0 Å². The highest BCUT2D eigenvalue weighted by atomic mass is 32.1. The van der Waals surface area contributed by atoms with Gasteiger partial charge < -0.3 is 18.9 Å². The summed E-state index contributed by atoms with van der Waals surface area (Å²) in [6.07, 6.45) is 0. The molecule has 0 radical (unpaired) electrons. The third kappa shape index (κ3) is 10.3. The summed E-state index contributed by atoms with van der Waals surface area (Å²) in [6, 6.07) is 93.8. The van der Waals surface area contributed by atoms with Gasteiger partial charge in [-0.05, 0) is 180 Å². The van der Waals surface area contributed by atoms with Crippen molar-refractivity contribution in [3.8, 4) is 78.1 Å². The average molecular weight is 1490 g/mol. The van der Waals surface area contributed by atoms with E-state index in [9.17, 15) is 19.2 Å². The van der Waals surface area contributed by atoms with Crippen LogP contribution >= 0.6 is 22.7 Å². The highest BCUT2D eigenvalue weighted by molar-refractivity contribution is 7.26. The van der Waals surface area contributed by atoms with E-state index in [1.165, 1.54) is 0 Å². The third-order valence-corrected chi connectivity index (χ3v) is 25.2. The number of anilines is 6. The third-order valence-electron chi connectivity index (χ3n) is 22.9. The van der Waals surface area contributed by atoms with E-state index in [0.29, 0.717) is 33.9 Å². The predicted molar refractivity (Wildman–Crippen MR) is 486 cm³/mol. The van der Waals surface area contributed by atoms with Gasteiger partial charge in [0.15, 0.2) is 0 Å². The van der Waals surface area contributed by atoms with Gasteiger partial charge in [0.25, 0.3) is 6.71 Å². The number of fused-ring (bicyclic) bond motifs is 16. The molecular weight excluding hydrogens is 1400 g/mol. The molecular formula is C106H71BN4S2. The molecule has 113 heavy (non-hydrogen) atoms. The SMILES string of the molecule is [2H]c1c([2H])c([2H])c2c(c1[2H])c1c([2H])c(-c3ccccc3)c([2H])c([2H])c1n2-c1ccc2c(c1)N(c1c(-c3ccc(-c4ccccc4)cc3)ccc3sc4ccccc4c13)c1cc(C(C)(C)C)cc3c1B2c1ccc(-n2c4c([2H])c([2H])c([2H])c([2H])c4c4c([2H])c(-c5ccccc5)c([2H])c([2H])c42)cc1N3c1c(-c2ccc(-c3ccccc3)cc2)ccc2sc3ccccc3c12. The summed E-state index contributed by atoms with van der Waals surface area (Å²) in [5, 5.41) is 4.22. The average Bonchev–Trinajstić information content (AvgIpc) is 1.58. The largest absolute Gasteiger partial charge is 0.310 e. The molecule has 0 saturated carbocycles. The van der Waals surface area contributed by atoms with Gasteiger partial charge in [0.2, 0.25) is 0 Å². The normalized spacial score (nSPS) is 14.4. The zero-order chi connectivity index (χ0) is 86.9. The Kier molecular flexibility index (Phi) is 11.9. The lowest BCUT2D eigenvalue weighted by Crippen LogP contribution is -2.61. The Hall–Kier alpha value is -13.6. The smallest absolute Gasteiger partial charge is 0.252 e. The van der Waals surface area contributed by atoms with Crippen molar-refractivity contribution in [2.24, 2.45) is 0 Å². The number of rotatable bonds is 10. The molecule has 0 N–H and O–H groups in total. The van der Waals surface area contributed by atoms with Crippen LogP contribution in [0.2, 0.25) is 0 Å². The Morgan fingerprint density at radius 1 is 0.292 bits per heavy atom. The molecule has 0 saturated heterocycles. The van der Waals surface area contributed by atoms with Crippen molar-refractivity contribution < 1.29 is 19.2 Å². The Balaban J connectivity index is 0.900. The summed E-state index contributed by atoms with van der Waals surface area (Å²) < 4.78 is 147. The van der Waals surface area contributed by atoms with Gasteiger partial charge in [-0.15, -0.1) is 22.7 Å². The highest BCUT2D eigenvalue weighted by Gasteiger charge is 2.46. The van der Waals surface area contributed by atoms with Gasteiger partial charge in [-0.25, -0.2) is 0 Å². The van der Waals surface area contributed by atoms with E-state index in [-0.39, 0.29) is 91.0 Å². The maximum Gasteiger partial charge on any atom is 0.252 e. The van der Waals surface area contributed by atoms with Crippen molar-refractivity contribution in [1.82, 2.24) is 9.13 Å². The van der Waals surface area contributed by atoms with Gasteiger partial charge in [-0.1, -0.05) is 300 Å². The quantitative estimate of drug-likeness (QED) is 0.127. The first-order valence-electron chi connectivity index (χ1n) is 45.0. The Morgan fingerprint density at radius 3 is 1.07 bits per heavy atom. The maximum absolute atomic E-state index is 10.4. The van der Waals surface area contributed by atoms with Crippen LogP contribution in [0.5, 0.6) is 0 Å². The second kappa shape index (κ2) is 25.5. The number of nitrogens with zero attached hydrogens (tertiary/aromatic N) is 4. The summed E-state index contributed by atoms with van der Waals surface area (Å²) in [6.45, 7) is 5.92. The minimum absolute atomic E-state index is 0.0293. The Bertz CT molecular complexity index is 7880. The first-order valence-corrected chi connectivity index (χ1v) is 39.6. The summed E-state index contributed by atoms with van der Waals surface area (Å²) in [5.74, 6) is 0. The van der Waals surface area contributed by atoms with Gasteiger partial charge in [0, 0.05) is 107 Å². The molecule has 0 aliphatic carbocycles. The lowest BCUT2D eigenvalue weighted by atomic mass is 9.33. The zero-order valence-electron chi connectivity index (χ0n) is 75.4. The molecule has 0 fully saturated rings. The van der Waals surface area contributed by atoms with Crippen molar-refractivity contribution in [2.75, 3.05) is 9.80 Å². The van der Waals surface area contributed by atoms with Gasteiger partial charge in [0.1, 0.15) is 0 Å². The van der Waals surface area contributed by atoms with Crippen LogP contribution in [0.15, 0.2) is 376 Å². The van der Waals surface area contributed by atoms with Crippen LogP contribution in [-0.2, 0) is 5.41 Å². The molecule has 0 spiro atoms. The Labute approximate surface area is 683 Å². The maximum atomic E-state index is 10.4. The van der Waals surface area contributed by atoms with Crippen molar-refractivity contribution in [1.29, 1.82) is 0 Å². The van der Waals surface area contributed by atoms with Crippen LogP contribution in [0.3, 0.4) is 0 Å². The van der Waals surface area contributed by atoms with E-state index in [0.717, 1.165) is 130 Å². The van der Waals surface area contributed by atoms with E-state index in [1.54, 1.807) is 80.3 Å². The van der Waals surface area contributed by atoms with E-state index in [2.05, 4.69) is 213 Å². The van der Waals surface area contributed by atoms with E-state index >= 15 is 0 Å². The van der Waals surface area contributed by atoms with Crippen molar-refractivity contribution >= 4 is 164 Å². The van der Waals surface area contributed by atoms with Crippen LogP contribution in [0.4, 0.5) is 34.1 Å². The van der Waals surface area contributed by atoms with E-state index in [1.807, 2.05) is 60.7 Å². The first kappa shape index (κ1) is 52.5. The molecule has 2 aliphatic rings. The molecule has 0 amide bonds. The number of hydrogen-bond acceptors (Lipinski definition) is 4. The summed E-state index contributed by atoms with van der Waals surface area (Å²) in [4.78, 5) is 4.83. The number of benzene rings is 17. The second-order valence-corrected chi connectivity index (χ2v) is 32.5. The zero-order valence-corrected chi connectivity index (χ0v) is 63.0. The number of aromatic nitrogens is 2. The molecule has 0 unspecified atom stereocenters. The first-order chi connectivity index (χ1) is 61.5. The van der Waals surface area contributed by atoms with E-state index < -0.39 is 60.5 Å². The molecule has 4 aromatic heterocycles. The van der Waals surface area contributed by atoms with Gasteiger partial charge in [0.05, 0.1) is 52.6 Å². The second-order valence-electron chi connectivity index (χ2n) is 30.3. The van der Waals surface area contributed by atoms with E-state index in [4.69, 9.17) is 0 Å². The standard InChI is InChI=1S/C106H71BN4S2/c1-106(2,3)76-62-95-103-96(63-76)111(105-80(53-59-100-102(105)84-35-19-23-39-98(84)113-100)73-46-42-71(43-47-73)67-26-10-5-11-27-67)94-65-78(109-90-37-21-17-33-82(90)86-61-75(49-57-92(86)109)69-30-14-7-15-31-69)51-55-88(94)107(103)87-54-50-77(108-89-36-20-16-32-81(89)85-60-74(48-56-91(85)108)68-28-12-6-13-29-68)64-93(87)110(95)104-79(52-58-99-101(104)83-34-18-22-38-97(83)112-99)72-44-40-70(41-45-72)66-24-8-4-9-25-66/h4-65H,1-3H3/i16D,17D,20D,21D,32D,33D,36D,37D,48D,49D,56D,57D,60D,61D. The molecule has 7 heteroatoms. The van der Waals surface area contributed by atoms with Crippen LogP contribution < -0.4 is 26.2 Å². The summed E-state index contributed by atoms with van der Waals surface area (Å²) >= 11 is 3.40. The van der Waals surface area contributed by atoms with Crippen molar-refractivity contribution in [2.45, 2.75) is 26.2 Å². The molecule has 4 nitrogen and oxygen atoms in total. The number of para-hydroxylation sites is 2. The monoisotopic (exact) mass is 1490 g/mol. The van der Waals surface area contributed by atoms with Gasteiger partial charge in [-0.3, -0.25) is 0 Å².